The molecule has 1 aliphatic heterocycles. The van der Waals surface area contributed by atoms with Gasteiger partial charge in [0.25, 0.3) is 0 Å². The number of benzene rings is 1. The van der Waals surface area contributed by atoms with Crippen LogP contribution in [0.1, 0.15) is 30.9 Å². The Morgan fingerprint density at radius 1 is 1.09 bits per heavy atom. The minimum absolute atomic E-state index is 0. The molecule has 0 bridgehead atoms. The first-order valence-electron chi connectivity index (χ1n) is 8.03. The number of halogens is 2. The first-order chi connectivity index (χ1) is 10.2. The highest BCUT2D eigenvalue weighted by molar-refractivity contribution is 5.85. The van der Waals surface area contributed by atoms with Crippen molar-refractivity contribution in [2.75, 3.05) is 32.7 Å². The van der Waals surface area contributed by atoms with Crippen LogP contribution in [-0.2, 0) is 4.79 Å². The van der Waals surface area contributed by atoms with E-state index in [1.807, 2.05) is 35.2 Å². The minimum Gasteiger partial charge on any atom is -0.340 e. The number of amides is 1. The Bertz CT molecular complexity index is 474. The van der Waals surface area contributed by atoms with Gasteiger partial charge in [-0.1, -0.05) is 30.3 Å². The summed E-state index contributed by atoms with van der Waals surface area (Å²) in [6, 6.07) is 9.70. The van der Waals surface area contributed by atoms with Crippen LogP contribution >= 0.6 is 24.8 Å². The van der Waals surface area contributed by atoms with E-state index in [9.17, 15) is 4.79 Å². The van der Waals surface area contributed by atoms with Crippen molar-refractivity contribution in [3.8, 4) is 0 Å². The van der Waals surface area contributed by atoms with E-state index in [-0.39, 0.29) is 36.8 Å². The Morgan fingerprint density at radius 3 is 2.26 bits per heavy atom. The van der Waals surface area contributed by atoms with Crippen LogP contribution in [0.3, 0.4) is 0 Å². The van der Waals surface area contributed by atoms with Crippen molar-refractivity contribution in [1.29, 1.82) is 0 Å². The first kappa shape index (κ1) is 20.2. The average molecular weight is 360 g/mol. The standard InChI is InChI=1S/C17H25N3O.2ClH/c18-16(15-4-2-1-3-5-15)12-17(21)20-10-8-19(9-11-20)13-14-6-7-14;;/h1-5,14,16H,6-13,18H2;2*1H. The number of piperazine rings is 1. The lowest BCUT2D eigenvalue weighted by Gasteiger charge is -2.35. The molecule has 23 heavy (non-hydrogen) atoms. The van der Waals surface area contributed by atoms with Crippen LogP contribution in [0, 0.1) is 5.92 Å². The molecule has 1 unspecified atom stereocenters. The Morgan fingerprint density at radius 2 is 1.70 bits per heavy atom. The van der Waals surface area contributed by atoms with Crippen LogP contribution < -0.4 is 5.73 Å². The summed E-state index contributed by atoms with van der Waals surface area (Å²) in [5.41, 5.74) is 7.19. The zero-order valence-corrected chi connectivity index (χ0v) is 15.0. The molecule has 2 fully saturated rings. The molecule has 4 nitrogen and oxygen atoms in total. The molecule has 1 saturated heterocycles. The van der Waals surface area contributed by atoms with E-state index in [1.165, 1.54) is 19.4 Å². The topological polar surface area (TPSA) is 49.6 Å². The van der Waals surface area contributed by atoms with Gasteiger partial charge < -0.3 is 10.6 Å². The second-order valence-electron chi connectivity index (χ2n) is 6.35. The van der Waals surface area contributed by atoms with E-state index in [1.54, 1.807) is 0 Å². The van der Waals surface area contributed by atoms with Crippen LogP contribution in [0.4, 0.5) is 0 Å². The van der Waals surface area contributed by atoms with Crippen LogP contribution in [-0.4, -0.2) is 48.4 Å². The highest BCUT2D eigenvalue weighted by Gasteiger charge is 2.28. The van der Waals surface area contributed by atoms with Gasteiger partial charge >= 0.3 is 0 Å². The predicted octanol–water partition coefficient (Wildman–Crippen LogP) is 2.47. The summed E-state index contributed by atoms with van der Waals surface area (Å²) >= 11 is 0. The highest BCUT2D eigenvalue weighted by atomic mass is 35.5. The van der Waals surface area contributed by atoms with E-state index in [0.29, 0.717) is 6.42 Å². The third-order valence-corrected chi connectivity index (χ3v) is 4.56. The minimum atomic E-state index is -0.191. The van der Waals surface area contributed by atoms with Gasteiger partial charge in [0.2, 0.25) is 5.91 Å². The van der Waals surface area contributed by atoms with E-state index >= 15 is 0 Å². The van der Waals surface area contributed by atoms with Crippen LogP contribution in [0.15, 0.2) is 30.3 Å². The van der Waals surface area contributed by atoms with Gasteiger partial charge in [-0.2, -0.15) is 0 Å². The Labute approximate surface area is 151 Å². The van der Waals surface area contributed by atoms with Crippen LogP contribution in [0.5, 0.6) is 0 Å². The molecule has 1 aromatic carbocycles. The maximum Gasteiger partial charge on any atom is 0.224 e. The second kappa shape index (κ2) is 9.48. The van der Waals surface area contributed by atoms with Gasteiger partial charge in [-0.3, -0.25) is 9.69 Å². The molecular weight excluding hydrogens is 333 g/mol. The van der Waals surface area contributed by atoms with Crippen LogP contribution in [0.25, 0.3) is 0 Å². The molecule has 2 aliphatic rings. The molecule has 0 spiro atoms. The van der Waals surface area contributed by atoms with Crippen molar-refractivity contribution < 1.29 is 4.79 Å². The molecule has 3 rings (SSSR count). The van der Waals surface area contributed by atoms with Crippen molar-refractivity contribution >= 4 is 30.7 Å². The van der Waals surface area contributed by atoms with Crippen molar-refractivity contribution in [3.63, 3.8) is 0 Å². The molecule has 1 aliphatic carbocycles. The van der Waals surface area contributed by atoms with E-state index in [0.717, 1.165) is 37.7 Å². The number of carbonyl (C=O) groups excluding carboxylic acids is 1. The number of hydrogen-bond donors (Lipinski definition) is 1. The molecule has 1 aromatic rings. The number of rotatable bonds is 5. The number of nitrogens with zero attached hydrogens (tertiary/aromatic N) is 2. The molecule has 1 heterocycles. The fourth-order valence-corrected chi connectivity index (χ4v) is 2.98. The van der Waals surface area contributed by atoms with Crippen LogP contribution in [0.2, 0.25) is 0 Å². The monoisotopic (exact) mass is 359 g/mol. The van der Waals surface area contributed by atoms with Gasteiger partial charge in [-0.15, -0.1) is 24.8 Å². The predicted molar refractivity (Wildman–Crippen MR) is 98.2 cm³/mol. The highest BCUT2D eigenvalue weighted by Crippen LogP contribution is 2.30. The first-order valence-corrected chi connectivity index (χ1v) is 8.03. The Balaban J connectivity index is 0.00000132. The quantitative estimate of drug-likeness (QED) is 0.878. The van der Waals surface area contributed by atoms with Crippen molar-refractivity contribution in [3.05, 3.63) is 35.9 Å². The molecule has 2 N–H and O–H groups in total. The van der Waals surface area contributed by atoms with Gasteiger partial charge in [0.05, 0.1) is 0 Å². The molecule has 0 radical (unpaired) electrons. The lowest BCUT2D eigenvalue weighted by Crippen LogP contribution is -2.49. The molecule has 1 saturated carbocycles. The van der Waals surface area contributed by atoms with Crippen molar-refractivity contribution in [2.24, 2.45) is 11.7 Å². The van der Waals surface area contributed by atoms with E-state index in [4.69, 9.17) is 5.73 Å². The maximum absolute atomic E-state index is 12.4. The molecule has 0 aromatic heterocycles. The van der Waals surface area contributed by atoms with Gasteiger partial charge in [0, 0.05) is 45.2 Å². The van der Waals surface area contributed by atoms with Crippen molar-refractivity contribution in [1.82, 2.24) is 9.80 Å². The molecular formula is C17H27Cl2N3O. The van der Waals surface area contributed by atoms with E-state index in [2.05, 4.69) is 4.90 Å². The number of carbonyl (C=O) groups is 1. The van der Waals surface area contributed by atoms with Gasteiger partial charge in [0.15, 0.2) is 0 Å². The molecule has 6 heteroatoms. The largest absolute Gasteiger partial charge is 0.340 e. The van der Waals surface area contributed by atoms with Gasteiger partial charge in [-0.05, 0) is 24.3 Å². The third kappa shape index (κ3) is 5.96. The summed E-state index contributed by atoms with van der Waals surface area (Å²) in [6.07, 6.45) is 3.20. The second-order valence-corrected chi connectivity index (χ2v) is 6.35. The molecule has 1 atom stereocenters. The number of nitrogens with two attached hydrogens (primary N) is 1. The average Bonchev–Trinajstić information content (AvgIpc) is 3.33. The lowest BCUT2D eigenvalue weighted by molar-refractivity contribution is -0.133. The lowest BCUT2D eigenvalue weighted by atomic mass is 10.0. The molecule has 1 amide bonds. The fraction of sp³-hybridized carbons (Fsp3) is 0.588. The third-order valence-electron chi connectivity index (χ3n) is 4.56. The SMILES string of the molecule is Cl.Cl.NC(CC(=O)N1CCN(CC2CC2)CC1)c1ccccc1. The van der Waals surface area contributed by atoms with Crippen molar-refractivity contribution in [2.45, 2.75) is 25.3 Å². The van der Waals surface area contributed by atoms with Gasteiger partial charge in [-0.25, -0.2) is 0 Å². The summed E-state index contributed by atoms with van der Waals surface area (Å²) < 4.78 is 0. The summed E-state index contributed by atoms with van der Waals surface area (Å²) in [4.78, 5) is 16.8. The smallest absolute Gasteiger partial charge is 0.224 e. The Kier molecular flexibility index (Phi) is 8.34. The summed E-state index contributed by atoms with van der Waals surface area (Å²) in [6.45, 7) is 4.97. The summed E-state index contributed by atoms with van der Waals surface area (Å²) in [7, 11) is 0. The maximum atomic E-state index is 12.4. The van der Waals surface area contributed by atoms with Gasteiger partial charge in [0.1, 0.15) is 0 Å². The normalized spacial score (nSPS) is 19.4. The summed E-state index contributed by atoms with van der Waals surface area (Å²) in [5.74, 6) is 1.12. The Hall–Kier alpha value is -0.810. The fourth-order valence-electron chi connectivity index (χ4n) is 2.98. The summed E-state index contributed by atoms with van der Waals surface area (Å²) in [5, 5.41) is 0. The zero-order valence-electron chi connectivity index (χ0n) is 13.4. The van der Waals surface area contributed by atoms with E-state index < -0.39 is 0 Å². The molecule has 130 valence electrons. The zero-order chi connectivity index (χ0) is 14.7. The number of hydrogen-bond acceptors (Lipinski definition) is 3.